The summed E-state index contributed by atoms with van der Waals surface area (Å²) in [6, 6.07) is 7.05. The molecule has 1 aromatic rings. The number of hydrogen-bond donors (Lipinski definition) is 0. The molecular weight excluding hydrogens is 193 g/mol. The van der Waals surface area contributed by atoms with Gasteiger partial charge in [0.15, 0.2) is 0 Å². The molecule has 1 aromatic carbocycles. The highest BCUT2D eigenvalue weighted by Crippen LogP contribution is 2.21. The lowest BCUT2D eigenvalue weighted by Crippen LogP contribution is -2.16. The van der Waals surface area contributed by atoms with Gasteiger partial charge in [-0.25, -0.2) is 0 Å². The molecule has 0 bridgehead atoms. The topological polar surface area (TPSA) is 9.23 Å². The summed E-state index contributed by atoms with van der Waals surface area (Å²) < 4.78 is 38.2. The summed E-state index contributed by atoms with van der Waals surface area (Å²) in [6.45, 7) is 4.25. The maximum atomic E-state index is 11.5. The van der Waals surface area contributed by atoms with Crippen molar-refractivity contribution in [1.82, 2.24) is 0 Å². The van der Waals surface area contributed by atoms with E-state index in [-0.39, 0.29) is 5.75 Å². The van der Waals surface area contributed by atoms with Gasteiger partial charge in [-0.15, -0.1) is 13.2 Å². The van der Waals surface area contributed by atoms with Gasteiger partial charge in [0.1, 0.15) is 5.75 Å². The number of hydrogen-bond acceptors (Lipinski definition) is 1. The fraction of sp³-hybridized carbons (Fsp3) is 0.400. The summed E-state index contributed by atoms with van der Waals surface area (Å²) in [5.74, 6) is -0.194. The van der Waals surface area contributed by atoms with Crippen molar-refractivity contribution in [3.8, 4) is 5.75 Å². The lowest BCUT2D eigenvalue weighted by Gasteiger charge is -2.07. The molecule has 80 valence electrons. The third kappa shape index (κ3) is 7.46. The van der Waals surface area contributed by atoms with Crippen molar-refractivity contribution in [1.29, 1.82) is 0 Å². The number of halogens is 3. The summed E-state index contributed by atoms with van der Waals surface area (Å²) in [6.07, 6.45) is -3.35. The third-order valence-electron chi connectivity index (χ3n) is 0.977. The lowest BCUT2D eigenvalue weighted by atomic mass is 10.3. The van der Waals surface area contributed by atoms with Crippen molar-refractivity contribution < 1.29 is 17.9 Å². The molecule has 14 heavy (non-hydrogen) atoms. The quantitative estimate of drug-likeness (QED) is 0.674. The molecule has 0 heterocycles. The zero-order valence-corrected chi connectivity index (χ0v) is 8.14. The molecular formula is C10H13F3O. The zero-order valence-electron chi connectivity index (χ0n) is 8.14. The van der Waals surface area contributed by atoms with Crippen LogP contribution in [0.5, 0.6) is 5.75 Å². The zero-order chi connectivity index (χ0) is 11.0. The van der Waals surface area contributed by atoms with Crippen LogP contribution < -0.4 is 4.74 Å². The minimum Gasteiger partial charge on any atom is -0.406 e. The molecule has 0 radical (unpaired) electrons. The van der Waals surface area contributed by atoms with Crippen LogP contribution in [-0.2, 0) is 0 Å². The lowest BCUT2D eigenvalue weighted by molar-refractivity contribution is -0.274. The predicted molar refractivity (Wildman–Crippen MR) is 49.1 cm³/mol. The van der Waals surface area contributed by atoms with Crippen LogP contribution in [-0.4, -0.2) is 6.36 Å². The molecule has 0 saturated heterocycles. The number of benzene rings is 1. The Labute approximate surface area is 81.5 Å². The average Bonchev–Trinajstić information content (AvgIpc) is 2.04. The van der Waals surface area contributed by atoms with Gasteiger partial charge >= 0.3 is 6.36 Å². The maximum absolute atomic E-state index is 11.5. The largest absolute Gasteiger partial charge is 0.573 e. The molecule has 0 N–H and O–H groups in total. The summed E-state index contributed by atoms with van der Waals surface area (Å²) in [7, 11) is 0. The molecule has 0 aromatic heterocycles. The van der Waals surface area contributed by atoms with E-state index in [1.54, 1.807) is 6.07 Å². The molecule has 1 rings (SSSR count). The summed E-state index contributed by atoms with van der Waals surface area (Å²) in [4.78, 5) is 0. The molecule has 0 fully saturated rings. The molecule has 0 aliphatic carbocycles. The van der Waals surface area contributed by atoms with Crippen LogP contribution in [0.25, 0.3) is 0 Å². The van der Waals surface area contributed by atoms with Gasteiger partial charge in [-0.1, -0.05) is 38.5 Å². The second kappa shape index (κ2) is 6.29. The first-order valence-electron chi connectivity index (χ1n) is 4.30. The third-order valence-corrected chi connectivity index (χ3v) is 0.977. The van der Waals surface area contributed by atoms with Crippen molar-refractivity contribution >= 4 is 0 Å². The fourth-order valence-electron chi connectivity index (χ4n) is 0.622. The molecule has 0 aliphatic heterocycles. The SMILES string of the molecule is CCC.FC(F)(F)Oc1ccccc1. The van der Waals surface area contributed by atoms with Crippen molar-refractivity contribution in [3.63, 3.8) is 0 Å². The summed E-state index contributed by atoms with van der Waals surface area (Å²) in [5, 5.41) is 0. The van der Waals surface area contributed by atoms with Crippen molar-refractivity contribution in [2.24, 2.45) is 0 Å². The smallest absolute Gasteiger partial charge is 0.406 e. The number of ether oxygens (including phenoxy) is 1. The molecule has 0 aliphatic rings. The Kier molecular flexibility index (Phi) is 5.76. The normalized spacial score (nSPS) is 10.1. The van der Waals surface area contributed by atoms with Crippen LogP contribution in [0, 0.1) is 0 Å². The maximum Gasteiger partial charge on any atom is 0.573 e. The highest BCUT2D eigenvalue weighted by Gasteiger charge is 2.30. The van der Waals surface area contributed by atoms with Gasteiger partial charge < -0.3 is 4.74 Å². The second-order valence-electron chi connectivity index (χ2n) is 2.57. The second-order valence-corrected chi connectivity index (χ2v) is 2.57. The van der Waals surface area contributed by atoms with Crippen LogP contribution in [0.2, 0.25) is 0 Å². The minimum absolute atomic E-state index is 0.194. The molecule has 0 unspecified atom stereocenters. The Morgan fingerprint density at radius 1 is 1.07 bits per heavy atom. The molecule has 0 spiro atoms. The summed E-state index contributed by atoms with van der Waals surface area (Å²) >= 11 is 0. The van der Waals surface area contributed by atoms with Crippen LogP contribution in [0.1, 0.15) is 20.3 Å². The van der Waals surface area contributed by atoms with E-state index in [0.29, 0.717) is 0 Å². The van der Waals surface area contributed by atoms with Gasteiger partial charge in [0.25, 0.3) is 0 Å². The highest BCUT2D eigenvalue weighted by molar-refractivity contribution is 5.20. The van der Waals surface area contributed by atoms with E-state index in [9.17, 15) is 13.2 Å². The predicted octanol–water partition coefficient (Wildman–Crippen LogP) is 4.00. The van der Waals surface area contributed by atoms with Crippen LogP contribution >= 0.6 is 0 Å². The first-order chi connectivity index (χ1) is 6.49. The number of rotatable bonds is 1. The Morgan fingerprint density at radius 3 is 1.86 bits per heavy atom. The Bertz CT molecular complexity index is 231. The van der Waals surface area contributed by atoms with Gasteiger partial charge in [-0.05, 0) is 12.1 Å². The Balaban J connectivity index is 0.000000500. The van der Waals surface area contributed by atoms with Gasteiger partial charge in [0, 0.05) is 0 Å². The Morgan fingerprint density at radius 2 is 1.50 bits per heavy atom. The summed E-state index contributed by atoms with van der Waals surface area (Å²) in [5.41, 5.74) is 0. The van der Waals surface area contributed by atoms with Crippen molar-refractivity contribution in [2.75, 3.05) is 0 Å². The minimum atomic E-state index is -4.60. The van der Waals surface area contributed by atoms with Crippen molar-refractivity contribution in [2.45, 2.75) is 26.6 Å². The highest BCUT2D eigenvalue weighted by atomic mass is 19.4. The fourth-order valence-corrected chi connectivity index (χ4v) is 0.622. The van der Waals surface area contributed by atoms with Crippen LogP contribution in [0.15, 0.2) is 30.3 Å². The van der Waals surface area contributed by atoms with E-state index in [4.69, 9.17) is 0 Å². The van der Waals surface area contributed by atoms with Gasteiger partial charge in [-0.3, -0.25) is 0 Å². The van der Waals surface area contributed by atoms with E-state index >= 15 is 0 Å². The van der Waals surface area contributed by atoms with Gasteiger partial charge in [0.2, 0.25) is 0 Å². The monoisotopic (exact) mass is 206 g/mol. The molecule has 0 amide bonds. The molecule has 4 heteroatoms. The Hall–Kier alpha value is -1.19. The van der Waals surface area contributed by atoms with Crippen LogP contribution in [0.4, 0.5) is 13.2 Å². The van der Waals surface area contributed by atoms with Crippen LogP contribution in [0.3, 0.4) is 0 Å². The number of para-hydroxylation sites is 1. The van der Waals surface area contributed by atoms with Gasteiger partial charge in [0.05, 0.1) is 0 Å². The van der Waals surface area contributed by atoms with E-state index < -0.39 is 6.36 Å². The average molecular weight is 206 g/mol. The number of alkyl halides is 3. The van der Waals surface area contributed by atoms with E-state index in [2.05, 4.69) is 18.6 Å². The first-order valence-corrected chi connectivity index (χ1v) is 4.30. The van der Waals surface area contributed by atoms with E-state index in [1.807, 2.05) is 0 Å². The van der Waals surface area contributed by atoms with Crippen molar-refractivity contribution in [3.05, 3.63) is 30.3 Å². The molecule has 0 saturated carbocycles. The molecule has 1 nitrogen and oxygen atoms in total. The van der Waals surface area contributed by atoms with E-state index in [0.717, 1.165) is 0 Å². The molecule has 0 atom stereocenters. The first kappa shape index (κ1) is 12.8. The van der Waals surface area contributed by atoms with Gasteiger partial charge in [-0.2, -0.15) is 0 Å². The van der Waals surface area contributed by atoms with E-state index in [1.165, 1.54) is 30.7 Å². The standard InChI is InChI=1S/C7H5F3O.C3H8/c8-7(9,10)11-6-4-2-1-3-5-6;1-3-2/h1-5H;3H2,1-2H3.